The molecule has 2 aromatic rings. The Kier molecular flexibility index (Phi) is 9.84. The summed E-state index contributed by atoms with van der Waals surface area (Å²) in [6.45, 7) is 0. The van der Waals surface area contributed by atoms with Crippen molar-refractivity contribution in [1.82, 2.24) is 19.9 Å². The second kappa shape index (κ2) is 11.2. The summed E-state index contributed by atoms with van der Waals surface area (Å²) in [5.74, 6) is 2.83. The highest BCUT2D eigenvalue weighted by Gasteiger charge is 1.59. The lowest BCUT2D eigenvalue weighted by Crippen LogP contribution is -1.66. The highest BCUT2D eigenvalue weighted by Crippen LogP contribution is 1.67. The third kappa shape index (κ3) is 8.35. The van der Waals surface area contributed by atoms with E-state index in [1.54, 1.807) is 36.9 Å². The van der Waals surface area contributed by atoms with Gasteiger partial charge >= 0.3 is 0 Å². The van der Waals surface area contributed by atoms with Crippen molar-refractivity contribution >= 4 is 18.1 Å². The van der Waals surface area contributed by atoms with Crippen LogP contribution in [0.2, 0.25) is 0 Å². The van der Waals surface area contributed by atoms with Gasteiger partial charge in [0.1, 0.15) is 12.7 Å². The molecule has 0 spiro atoms. The summed E-state index contributed by atoms with van der Waals surface area (Å²) in [5, 5.41) is 0. The molecule has 0 saturated heterocycles. The third-order valence-corrected chi connectivity index (χ3v) is 0.955. The molecular formula is C9H10N4S. The summed E-state index contributed by atoms with van der Waals surface area (Å²) in [6.07, 6.45) is 9.75. The largest absolute Gasteiger partial charge is 0.245 e. The van der Waals surface area contributed by atoms with Crippen LogP contribution in [0.5, 0.6) is 0 Å². The first-order valence-corrected chi connectivity index (χ1v) is 4.26. The maximum absolute atomic E-state index is 3.83. The molecular weight excluding hydrogens is 196 g/mol. The van der Waals surface area contributed by atoms with Crippen LogP contribution in [-0.4, -0.2) is 25.8 Å². The van der Waals surface area contributed by atoms with E-state index in [2.05, 4.69) is 38.0 Å². The van der Waals surface area contributed by atoms with Gasteiger partial charge < -0.3 is 0 Å². The van der Waals surface area contributed by atoms with Crippen LogP contribution in [0.25, 0.3) is 0 Å². The Balaban J connectivity index is 0.000000206. The fourth-order valence-electron chi connectivity index (χ4n) is 0.507. The molecule has 0 aliphatic carbocycles. The molecule has 0 fully saturated rings. The summed E-state index contributed by atoms with van der Waals surface area (Å²) >= 11 is 3.83. The topological polar surface area (TPSA) is 51.6 Å². The van der Waals surface area contributed by atoms with E-state index in [0.717, 1.165) is 0 Å². The molecule has 2 heterocycles. The Hall–Kier alpha value is -1.75. The van der Waals surface area contributed by atoms with E-state index in [9.17, 15) is 0 Å². The van der Waals surface area contributed by atoms with Crippen molar-refractivity contribution < 1.29 is 0 Å². The number of aromatic nitrogens is 4. The van der Waals surface area contributed by atoms with Gasteiger partial charge in [0, 0.05) is 24.8 Å². The first-order chi connectivity index (χ1) is 7.00. The van der Waals surface area contributed by atoms with Crippen LogP contribution in [0, 0.1) is 0 Å². The monoisotopic (exact) mass is 206 g/mol. The molecule has 72 valence electrons. The van der Waals surface area contributed by atoms with E-state index < -0.39 is 0 Å². The van der Waals surface area contributed by atoms with E-state index >= 15 is 0 Å². The number of hydrogen-bond acceptors (Lipinski definition) is 5. The van der Waals surface area contributed by atoms with E-state index in [1.165, 1.54) is 12.7 Å². The summed E-state index contributed by atoms with van der Waals surface area (Å²) in [5.41, 5.74) is 0. The smallest absolute Gasteiger partial charge is 0.115 e. The minimum absolute atomic E-state index is 1.50. The SMILES string of the molecule is C=S.c1cncnc1.c1cncnc1. The molecule has 0 amide bonds. The lowest BCUT2D eigenvalue weighted by atomic mass is 10.7. The van der Waals surface area contributed by atoms with E-state index in [-0.39, 0.29) is 0 Å². The van der Waals surface area contributed by atoms with E-state index in [0.29, 0.717) is 0 Å². The zero-order chi connectivity index (χ0) is 10.5. The molecule has 4 nitrogen and oxygen atoms in total. The van der Waals surface area contributed by atoms with Crippen LogP contribution >= 0.6 is 12.2 Å². The molecule has 0 radical (unpaired) electrons. The van der Waals surface area contributed by atoms with Gasteiger partial charge in [0.15, 0.2) is 0 Å². The average Bonchev–Trinajstić information content (AvgIpc) is 2.37. The van der Waals surface area contributed by atoms with Crippen LogP contribution in [0.1, 0.15) is 0 Å². The molecule has 0 aliphatic rings. The van der Waals surface area contributed by atoms with Crippen molar-refractivity contribution in [1.29, 1.82) is 0 Å². The van der Waals surface area contributed by atoms with Crippen molar-refractivity contribution in [3.63, 3.8) is 0 Å². The van der Waals surface area contributed by atoms with Crippen LogP contribution in [-0.2, 0) is 0 Å². The minimum atomic E-state index is 1.50. The van der Waals surface area contributed by atoms with Crippen LogP contribution < -0.4 is 0 Å². The summed E-state index contributed by atoms with van der Waals surface area (Å²) in [6, 6.07) is 3.56. The first-order valence-electron chi connectivity index (χ1n) is 3.69. The molecule has 0 aromatic carbocycles. The molecule has 0 atom stereocenters. The number of hydrogen-bond donors (Lipinski definition) is 0. The molecule has 0 bridgehead atoms. The minimum Gasteiger partial charge on any atom is -0.245 e. The van der Waals surface area contributed by atoms with Crippen LogP contribution in [0.4, 0.5) is 0 Å². The van der Waals surface area contributed by atoms with E-state index in [1.807, 2.05) is 0 Å². The Morgan fingerprint density at radius 2 is 0.929 bits per heavy atom. The molecule has 2 aromatic heterocycles. The summed E-state index contributed by atoms with van der Waals surface area (Å²) < 4.78 is 0. The van der Waals surface area contributed by atoms with Crippen molar-refractivity contribution in [3.05, 3.63) is 49.6 Å². The fourth-order valence-corrected chi connectivity index (χ4v) is 0.507. The number of thiocarbonyl (C=S) groups is 1. The molecule has 0 N–H and O–H groups in total. The number of nitrogens with zero attached hydrogens (tertiary/aromatic N) is 4. The van der Waals surface area contributed by atoms with Crippen molar-refractivity contribution in [3.8, 4) is 0 Å². The van der Waals surface area contributed by atoms with E-state index in [4.69, 9.17) is 0 Å². The van der Waals surface area contributed by atoms with Gasteiger partial charge in [0.05, 0.1) is 0 Å². The second-order valence-electron chi connectivity index (χ2n) is 1.81. The predicted molar refractivity (Wildman–Crippen MR) is 58.8 cm³/mol. The lowest BCUT2D eigenvalue weighted by Gasteiger charge is -1.70. The molecule has 2 rings (SSSR count). The highest BCUT2D eigenvalue weighted by molar-refractivity contribution is 7.77. The first kappa shape index (κ1) is 12.2. The number of rotatable bonds is 0. The third-order valence-electron chi connectivity index (χ3n) is 0.955. The zero-order valence-electron chi connectivity index (χ0n) is 7.52. The Morgan fingerprint density at radius 1 is 0.643 bits per heavy atom. The average molecular weight is 206 g/mol. The van der Waals surface area contributed by atoms with Crippen LogP contribution in [0.3, 0.4) is 0 Å². The molecule has 0 saturated carbocycles. The summed E-state index contributed by atoms with van der Waals surface area (Å²) in [7, 11) is 0. The van der Waals surface area contributed by atoms with Gasteiger partial charge in [-0.2, -0.15) is 0 Å². The molecule has 0 unspecified atom stereocenters. The quantitative estimate of drug-likeness (QED) is 0.612. The van der Waals surface area contributed by atoms with Gasteiger partial charge in [-0.05, 0) is 18.0 Å². The lowest BCUT2D eigenvalue weighted by molar-refractivity contribution is 1.17. The van der Waals surface area contributed by atoms with Gasteiger partial charge in [-0.3, -0.25) is 0 Å². The Labute approximate surface area is 88.1 Å². The molecule has 14 heavy (non-hydrogen) atoms. The van der Waals surface area contributed by atoms with Crippen molar-refractivity contribution in [2.75, 3.05) is 0 Å². The van der Waals surface area contributed by atoms with Gasteiger partial charge in [0.2, 0.25) is 0 Å². The normalized spacial score (nSPS) is 7.14. The molecule has 5 heteroatoms. The maximum Gasteiger partial charge on any atom is 0.115 e. The summed E-state index contributed by atoms with van der Waals surface area (Å²) in [4.78, 5) is 14.7. The molecule has 0 aliphatic heterocycles. The zero-order valence-corrected chi connectivity index (χ0v) is 8.34. The predicted octanol–water partition coefficient (Wildman–Crippen LogP) is 1.57. The van der Waals surface area contributed by atoms with Gasteiger partial charge in [-0.15, -0.1) is 0 Å². The second-order valence-corrected chi connectivity index (χ2v) is 1.81. The maximum atomic E-state index is 3.83. The van der Waals surface area contributed by atoms with Crippen molar-refractivity contribution in [2.24, 2.45) is 0 Å². The van der Waals surface area contributed by atoms with Gasteiger partial charge in [0.25, 0.3) is 0 Å². The Bertz CT molecular complexity index is 205. The fraction of sp³-hybridized carbons (Fsp3) is 0. The van der Waals surface area contributed by atoms with Gasteiger partial charge in [-0.1, -0.05) is 12.2 Å². The highest BCUT2D eigenvalue weighted by atomic mass is 32.1. The van der Waals surface area contributed by atoms with Crippen LogP contribution in [0.15, 0.2) is 49.6 Å². The van der Waals surface area contributed by atoms with Crippen molar-refractivity contribution in [2.45, 2.75) is 0 Å². The Morgan fingerprint density at radius 3 is 1.00 bits per heavy atom. The standard InChI is InChI=1S/2C4H4N2.CH2S/c2*1-2-5-4-6-3-1;1-2/h2*1-4H;1H2. The van der Waals surface area contributed by atoms with Gasteiger partial charge in [-0.25, -0.2) is 19.9 Å².